The maximum atomic E-state index is 9.93. The maximum Gasteiger partial charge on any atom is 0.189 e. The van der Waals surface area contributed by atoms with E-state index < -0.39 is 6.10 Å². The summed E-state index contributed by atoms with van der Waals surface area (Å²) in [6, 6.07) is 7.02. The van der Waals surface area contributed by atoms with Gasteiger partial charge in [0.1, 0.15) is 0 Å². The van der Waals surface area contributed by atoms with Crippen LogP contribution in [0.3, 0.4) is 0 Å². The average molecular weight is 270 g/mol. The second-order valence-electron chi connectivity index (χ2n) is 5.17. The molecule has 0 heterocycles. The number of aliphatic hydroxyl groups is 1. The second-order valence-corrected chi connectivity index (χ2v) is 5.60. The third kappa shape index (κ3) is 5.38. The van der Waals surface area contributed by atoms with Crippen molar-refractivity contribution in [3.63, 3.8) is 0 Å². The molecular weight excluding hydrogens is 250 g/mol. The number of aliphatic imine (C=N–C) groups is 1. The van der Waals surface area contributed by atoms with Crippen molar-refractivity contribution in [2.24, 2.45) is 10.7 Å². The van der Waals surface area contributed by atoms with Gasteiger partial charge in [-0.3, -0.25) is 4.99 Å². The summed E-state index contributed by atoms with van der Waals surface area (Å²) in [6.07, 6.45) is -0.678. The van der Waals surface area contributed by atoms with Gasteiger partial charge in [-0.25, -0.2) is 0 Å². The van der Waals surface area contributed by atoms with Crippen molar-refractivity contribution >= 4 is 17.6 Å². The van der Waals surface area contributed by atoms with E-state index in [1.54, 1.807) is 24.3 Å². The van der Waals surface area contributed by atoms with Crippen molar-refractivity contribution in [1.82, 2.24) is 5.32 Å². The van der Waals surface area contributed by atoms with E-state index in [1.807, 2.05) is 20.8 Å². The van der Waals surface area contributed by atoms with Crippen LogP contribution in [0.1, 0.15) is 32.4 Å². The molecule has 1 aromatic rings. The van der Waals surface area contributed by atoms with Gasteiger partial charge in [-0.15, -0.1) is 0 Å². The first-order valence-electron chi connectivity index (χ1n) is 5.79. The van der Waals surface area contributed by atoms with Crippen LogP contribution in [0.5, 0.6) is 0 Å². The molecule has 0 amide bonds. The topological polar surface area (TPSA) is 70.6 Å². The van der Waals surface area contributed by atoms with Crippen molar-refractivity contribution in [2.75, 3.05) is 6.54 Å². The van der Waals surface area contributed by atoms with Crippen LogP contribution >= 0.6 is 11.6 Å². The fourth-order valence-electron chi connectivity index (χ4n) is 1.40. The highest BCUT2D eigenvalue weighted by molar-refractivity contribution is 6.30. The summed E-state index contributed by atoms with van der Waals surface area (Å²) in [5, 5.41) is 13.6. The summed E-state index contributed by atoms with van der Waals surface area (Å²) < 4.78 is 0. The Labute approximate surface area is 113 Å². The number of aliphatic hydroxyl groups excluding tert-OH is 1. The van der Waals surface area contributed by atoms with Gasteiger partial charge in [0.25, 0.3) is 0 Å². The Balaban J connectivity index is 2.57. The largest absolute Gasteiger partial charge is 0.386 e. The van der Waals surface area contributed by atoms with Gasteiger partial charge in [-0.05, 0) is 38.5 Å². The van der Waals surface area contributed by atoms with Crippen LogP contribution in [0.4, 0.5) is 0 Å². The van der Waals surface area contributed by atoms with E-state index in [1.165, 1.54) is 0 Å². The zero-order valence-electron chi connectivity index (χ0n) is 10.9. The van der Waals surface area contributed by atoms with Crippen molar-refractivity contribution in [2.45, 2.75) is 32.4 Å². The van der Waals surface area contributed by atoms with Gasteiger partial charge < -0.3 is 16.2 Å². The average Bonchev–Trinajstić information content (AvgIpc) is 2.24. The van der Waals surface area contributed by atoms with Crippen LogP contribution in [0, 0.1) is 0 Å². The van der Waals surface area contributed by atoms with Crippen LogP contribution in [0.15, 0.2) is 29.3 Å². The van der Waals surface area contributed by atoms with Crippen molar-refractivity contribution < 1.29 is 5.11 Å². The summed E-state index contributed by atoms with van der Waals surface area (Å²) in [6.45, 7) is 6.19. The van der Waals surface area contributed by atoms with Gasteiger partial charge in [0, 0.05) is 10.6 Å². The molecule has 0 radical (unpaired) electrons. The van der Waals surface area contributed by atoms with E-state index in [9.17, 15) is 5.11 Å². The predicted molar refractivity (Wildman–Crippen MR) is 75.8 cm³/mol. The van der Waals surface area contributed by atoms with Crippen LogP contribution < -0.4 is 11.1 Å². The molecule has 0 spiro atoms. The van der Waals surface area contributed by atoms with Crippen molar-refractivity contribution in [3.05, 3.63) is 34.9 Å². The third-order valence-corrected chi connectivity index (χ3v) is 2.44. The number of benzene rings is 1. The molecule has 1 atom stereocenters. The van der Waals surface area contributed by atoms with Crippen molar-refractivity contribution in [3.8, 4) is 0 Å². The first kappa shape index (κ1) is 14.8. The molecule has 4 nitrogen and oxygen atoms in total. The number of hydrogen-bond acceptors (Lipinski definition) is 2. The Morgan fingerprint density at radius 1 is 1.39 bits per heavy atom. The van der Waals surface area contributed by atoms with Crippen LogP contribution in [0.2, 0.25) is 5.02 Å². The van der Waals surface area contributed by atoms with E-state index in [0.29, 0.717) is 11.0 Å². The van der Waals surface area contributed by atoms with Gasteiger partial charge >= 0.3 is 0 Å². The molecule has 18 heavy (non-hydrogen) atoms. The third-order valence-electron chi connectivity index (χ3n) is 2.19. The summed E-state index contributed by atoms with van der Waals surface area (Å²) in [4.78, 5) is 4.11. The fraction of sp³-hybridized carbons (Fsp3) is 0.462. The summed E-state index contributed by atoms with van der Waals surface area (Å²) in [5.41, 5.74) is 6.35. The summed E-state index contributed by atoms with van der Waals surface area (Å²) in [7, 11) is 0. The van der Waals surface area contributed by atoms with E-state index in [2.05, 4.69) is 10.3 Å². The summed E-state index contributed by atoms with van der Waals surface area (Å²) in [5.74, 6) is 0.329. The molecule has 4 N–H and O–H groups in total. The number of guanidine groups is 1. The van der Waals surface area contributed by atoms with Gasteiger partial charge in [0.05, 0.1) is 12.6 Å². The molecule has 0 aliphatic heterocycles. The van der Waals surface area contributed by atoms with Gasteiger partial charge in [0.2, 0.25) is 0 Å². The Bertz CT molecular complexity index is 409. The lowest BCUT2D eigenvalue weighted by Crippen LogP contribution is -2.45. The number of rotatable bonds is 3. The Kier molecular flexibility index (Phi) is 4.99. The highest BCUT2D eigenvalue weighted by Gasteiger charge is 2.11. The van der Waals surface area contributed by atoms with E-state index >= 15 is 0 Å². The molecule has 0 aliphatic carbocycles. The number of nitrogens with zero attached hydrogens (tertiary/aromatic N) is 1. The van der Waals surface area contributed by atoms with E-state index in [4.69, 9.17) is 17.3 Å². The number of hydrogen-bond donors (Lipinski definition) is 3. The van der Waals surface area contributed by atoms with Gasteiger partial charge in [-0.1, -0.05) is 23.7 Å². The normalized spacial score (nSPS) is 14.4. The number of nitrogens with one attached hydrogen (secondary N) is 1. The lowest BCUT2D eigenvalue weighted by Gasteiger charge is -2.21. The minimum atomic E-state index is -0.678. The Morgan fingerprint density at radius 3 is 2.44 bits per heavy atom. The lowest BCUT2D eigenvalue weighted by atomic mass is 10.1. The van der Waals surface area contributed by atoms with E-state index in [0.717, 1.165) is 5.56 Å². The number of halogens is 1. The van der Waals surface area contributed by atoms with E-state index in [-0.39, 0.29) is 12.1 Å². The maximum absolute atomic E-state index is 9.93. The molecule has 0 saturated heterocycles. The molecule has 1 aromatic carbocycles. The minimum Gasteiger partial charge on any atom is -0.386 e. The van der Waals surface area contributed by atoms with Crippen LogP contribution in [-0.4, -0.2) is 23.1 Å². The molecule has 1 rings (SSSR count). The highest BCUT2D eigenvalue weighted by Crippen LogP contribution is 2.16. The standard InChI is InChI=1S/C13H20ClN3O/c1-13(2,3)17-12(15)16-8-11(18)9-4-6-10(14)7-5-9/h4-7,11,18H,8H2,1-3H3,(H3,15,16,17). The number of nitrogens with two attached hydrogens (primary N) is 1. The van der Waals surface area contributed by atoms with Crippen molar-refractivity contribution in [1.29, 1.82) is 0 Å². The highest BCUT2D eigenvalue weighted by atomic mass is 35.5. The first-order valence-corrected chi connectivity index (χ1v) is 6.17. The quantitative estimate of drug-likeness (QED) is 0.581. The zero-order chi connectivity index (χ0) is 13.8. The Hall–Kier alpha value is -1.26. The van der Waals surface area contributed by atoms with Crippen LogP contribution in [-0.2, 0) is 0 Å². The zero-order valence-corrected chi connectivity index (χ0v) is 11.7. The first-order chi connectivity index (χ1) is 8.28. The fourth-order valence-corrected chi connectivity index (χ4v) is 1.52. The molecule has 100 valence electrons. The molecule has 0 saturated carbocycles. The smallest absolute Gasteiger partial charge is 0.189 e. The SMILES string of the molecule is CC(C)(C)NC(N)=NCC(O)c1ccc(Cl)cc1. The molecule has 0 aromatic heterocycles. The second kappa shape index (κ2) is 6.07. The molecule has 0 bridgehead atoms. The summed E-state index contributed by atoms with van der Waals surface area (Å²) >= 11 is 5.78. The minimum absolute atomic E-state index is 0.140. The molecule has 0 fully saturated rings. The molecule has 5 heteroatoms. The van der Waals surface area contributed by atoms with Crippen LogP contribution in [0.25, 0.3) is 0 Å². The molecule has 1 unspecified atom stereocenters. The monoisotopic (exact) mass is 269 g/mol. The van der Waals surface area contributed by atoms with Gasteiger partial charge in [-0.2, -0.15) is 0 Å². The lowest BCUT2D eigenvalue weighted by molar-refractivity contribution is 0.187. The molecular formula is C13H20ClN3O. The van der Waals surface area contributed by atoms with Gasteiger partial charge in [0.15, 0.2) is 5.96 Å². The Morgan fingerprint density at radius 2 is 1.94 bits per heavy atom. The molecule has 0 aliphatic rings. The predicted octanol–water partition coefficient (Wildman–Crippen LogP) is 2.08.